The summed E-state index contributed by atoms with van der Waals surface area (Å²) in [6.45, 7) is 2.30. The minimum Gasteiger partial charge on any atom is -0.480 e. The van der Waals surface area contributed by atoms with Gasteiger partial charge in [0.25, 0.3) is 5.91 Å². The number of sulfone groups is 1. The van der Waals surface area contributed by atoms with Crippen molar-refractivity contribution in [3.8, 4) is 17.2 Å². The minimum atomic E-state index is -3.97. The van der Waals surface area contributed by atoms with Crippen molar-refractivity contribution in [2.75, 3.05) is 5.75 Å². The van der Waals surface area contributed by atoms with Gasteiger partial charge in [-0.25, -0.2) is 8.42 Å². The predicted molar refractivity (Wildman–Crippen MR) is 157 cm³/mol. The lowest BCUT2D eigenvalue weighted by molar-refractivity contribution is -0.134. The summed E-state index contributed by atoms with van der Waals surface area (Å²) in [6.07, 6.45) is 0. The van der Waals surface area contributed by atoms with Crippen LogP contribution >= 0.6 is 0 Å². The molecule has 0 aliphatic rings. The summed E-state index contributed by atoms with van der Waals surface area (Å²) in [4.78, 5) is 26.7. The Hall–Kier alpha value is -5.20. The number of nitriles is 1. The van der Waals surface area contributed by atoms with Gasteiger partial charge in [-0.2, -0.15) is 5.26 Å². The molecule has 8 nitrogen and oxygen atoms in total. The quantitative estimate of drug-likeness (QED) is 0.228. The van der Waals surface area contributed by atoms with E-state index in [9.17, 15) is 23.3 Å². The van der Waals surface area contributed by atoms with E-state index in [1.165, 1.54) is 12.1 Å². The molecule has 42 heavy (non-hydrogen) atoms. The molecule has 0 saturated carbocycles. The van der Waals surface area contributed by atoms with Gasteiger partial charge in [0.1, 0.15) is 11.8 Å². The van der Waals surface area contributed by atoms with E-state index in [4.69, 9.17) is 9.52 Å². The highest BCUT2D eigenvalue weighted by Crippen LogP contribution is 2.27. The molecule has 1 N–H and O–H groups in total. The number of fused-ring (bicyclic) bond motifs is 1. The van der Waals surface area contributed by atoms with Crippen LogP contribution in [0.4, 0.5) is 0 Å². The molecule has 0 spiro atoms. The van der Waals surface area contributed by atoms with E-state index in [1.807, 2.05) is 73.7 Å². The molecule has 1 aromatic heterocycles. The summed E-state index contributed by atoms with van der Waals surface area (Å²) in [6, 6.07) is 30.4. The fourth-order valence-electron chi connectivity index (χ4n) is 4.87. The number of aliphatic carboxylic acids is 1. The summed E-state index contributed by atoms with van der Waals surface area (Å²) in [5, 5.41) is 20.0. The van der Waals surface area contributed by atoms with Crippen LogP contribution < -0.4 is 0 Å². The van der Waals surface area contributed by atoms with Gasteiger partial charge in [-0.15, -0.1) is 0 Å². The van der Waals surface area contributed by atoms with Crippen molar-refractivity contribution in [1.29, 1.82) is 5.26 Å². The molecule has 0 saturated heterocycles. The van der Waals surface area contributed by atoms with Crippen LogP contribution in [0, 0.1) is 18.3 Å². The van der Waals surface area contributed by atoms with E-state index in [1.54, 1.807) is 29.2 Å². The summed E-state index contributed by atoms with van der Waals surface area (Å²) < 4.78 is 30.4. The van der Waals surface area contributed by atoms with Crippen molar-refractivity contribution in [2.24, 2.45) is 0 Å². The van der Waals surface area contributed by atoms with Gasteiger partial charge in [0.15, 0.2) is 15.6 Å². The largest absolute Gasteiger partial charge is 0.480 e. The van der Waals surface area contributed by atoms with Gasteiger partial charge in [0.05, 0.1) is 17.0 Å². The number of furan rings is 1. The highest BCUT2D eigenvalue weighted by Gasteiger charge is 2.23. The molecule has 0 unspecified atom stereocenters. The monoisotopic (exact) mass is 578 g/mol. The Morgan fingerprint density at radius 3 is 2.36 bits per heavy atom. The van der Waals surface area contributed by atoms with Crippen molar-refractivity contribution in [3.05, 3.63) is 125 Å². The average Bonchev–Trinajstić information content (AvgIpc) is 3.44. The van der Waals surface area contributed by atoms with Crippen LogP contribution in [-0.4, -0.2) is 36.1 Å². The van der Waals surface area contributed by atoms with Crippen LogP contribution in [-0.2, 0) is 27.7 Å². The number of hydrogen-bond donors (Lipinski definition) is 1. The summed E-state index contributed by atoms with van der Waals surface area (Å²) in [5.74, 6) is -1.94. The van der Waals surface area contributed by atoms with E-state index in [2.05, 4.69) is 0 Å². The molecule has 210 valence electrons. The number of carboxylic acids is 1. The Kier molecular flexibility index (Phi) is 7.91. The number of carbonyl (C=O) groups excluding carboxylic acids is 1. The first kappa shape index (κ1) is 28.3. The number of benzene rings is 4. The third-order valence-corrected chi connectivity index (χ3v) is 8.52. The number of amides is 1. The number of aryl methyl sites for hydroxylation is 1. The Morgan fingerprint density at radius 1 is 0.881 bits per heavy atom. The number of carbonyl (C=O) groups is 2. The highest BCUT2D eigenvalue weighted by molar-refractivity contribution is 7.92. The molecule has 4 aromatic carbocycles. The highest BCUT2D eigenvalue weighted by atomic mass is 32.2. The lowest BCUT2D eigenvalue weighted by Gasteiger charge is -2.24. The Morgan fingerprint density at radius 2 is 1.64 bits per heavy atom. The van der Waals surface area contributed by atoms with E-state index >= 15 is 0 Å². The van der Waals surface area contributed by atoms with Gasteiger partial charge in [0, 0.05) is 6.54 Å². The Balaban J connectivity index is 1.46. The first-order chi connectivity index (χ1) is 20.1. The van der Waals surface area contributed by atoms with Gasteiger partial charge in [0.2, 0.25) is 5.76 Å². The first-order valence-electron chi connectivity index (χ1n) is 13.0. The second kappa shape index (κ2) is 11.7. The summed E-state index contributed by atoms with van der Waals surface area (Å²) >= 11 is 0. The van der Waals surface area contributed by atoms with Gasteiger partial charge in [-0.1, -0.05) is 72.8 Å². The zero-order valence-corrected chi connectivity index (χ0v) is 23.5. The molecular weight excluding hydrogens is 552 g/mol. The van der Waals surface area contributed by atoms with E-state index < -0.39 is 21.6 Å². The molecule has 0 fully saturated rings. The third kappa shape index (κ3) is 6.09. The summed E-state index contributed by atoms with van der Waals surface area (Å²) in [5.41, 5.74) is 3.61. The molecule has 0 radical (unpaired) electrons. The van der Waals surface area contributed by atoms with Crippen LogP contribution in [0.25, 0.3) is 21.9 Å². The maximum atomic E-state index is 14.1. The molecule has 5 rings (SSSR count). The Labute approximate surface area is 243 Å². The number of hydrogen-bond acceptors (Lipinski definition) is 6. The van der Waals surface area contributed by atoms with Crippen LogP contribution in [0.15, 0.2) is 106 Å². The van der Waals surface area contributed by atoms with Crippen molar-refractivity contribution in [2.45, 2.75) is 24.9 Å². The molecule has 0 bridgehead atoms. The molecule has 5 aromatic rings. The maximum absolute atomic E-state index is 14.1. The van der Waals surface area contributed by atoms with E-state index in [0.717, 1.165) is 27.5 Å². The molecule has 0 atom stereocenters. The first-order valence-corrected chi connectivity index (χ1v) is 14.7. The lowest BCUT2D eigenvalue weighted by Crippen LogP contribution is -2.30. The van der Waals surface area contributed by atoms with Crippen LogP contribution in [0.2, 0.25) is 0 Å². The van der Waals surface area contributed by atoms with Crippen molar-refractivity contribution in [3.63, 3.8) is 0 Å². The molecule has 0 aliphatic carbocycles. The van der Waals surface area contributed by atoms with E-state index in [0.29, 0.717) is 16.9 Å². The second-order valence-corrected chi connectivity index (χ2v) is 11.9. The zero-order valence-electron chi connectivity index (χ0n) is 22.7. The van der Waals surface area contributed by atoms with Crippen LogP contribution in [0.1, 0.15) is 33.0 Å². The number of carboxylic acid groups (broad SMARTS) is 1. The average molecular weight is 579 g/mol. The predicted octanol–water partition coefficient (Wildman–Crippen LogP) is 5.98. The number of nitrogens with zero attached hydrogens (tertiary/aromatic N) is 2. The minimum absolute atomic E-state index is 0.0658. The Bertz CT molecular complexity index is 1950. The van der Waals surface area contributed by atoms with Gasteiger partial charge < -0.3 is 14.4 Å². The van der Waals surface area contributed by atoms with Gasteiger partial charge >= 0.3 is 5.97 Å². The number of rotatable bonds is 9. The molecule has 0 aliphatic heterocycles. The molecular formula is C33H26N2O6S. The van der Waals surface area contributed by atoms with E-state index in [-0.39, 0.29) is 29.7 Å². The fourth-order valence-corrected chi connectivity index (χ4v) is 5.96. The van der Waals surface area contributed by atoms with Crippen molar-refractivity contribution in [1.82, 2.24) is 4.90 Å². The van der Waals surface area contributed by atoms with Crippen LogP contribution in [0.3, 0.4) is 0 Å². The third-order valence-electron chi connectivity index (χ3n) is 6.92. The maximum Gasteiger partial charge on any atom is 0.319 e. The molecule has 9 heteroatoms. The smallest absolute Gasteiger partial charge is 0.319 e. The van der Waals surface area contributed by atoms with Crippen molar-refractivity contribution < 1.29 is 27.5 Å². The summed E-state index contributed by atoms with van der Waals surface area (Å²) in [7, 11) is -3.97. The normalized spacial score (nSPS) is 11.2. The van der Waals surface area contributed by atoms with Gasteiger partial charge in [-0.05, 0) is 64.2 Å². The zero-order chi connectivity index (χ0) is 29.9. The van der Waals surface area contributed by atoms with Crippen molar-refractivity contribution >= 4 is 32.5 Å². The fraction of sp³-hybridized carbons (Fsp3) is 0.121. The topological polar surface area (TPSA) is 129 Å². The SMILES string of the molecule is Cc1ccc2ccccc2c1C(=O)N(Cc1ccc(-c2cccc(S(=O)(=O)CC(=O)O)c2)cc1)Cc1ccc(C#N)o1. The van der Waals surface area contributed by atoms with Gasteiger partial charge in [-0.3, -0.25) is 9.59 Å². The standard InChI is InChI=1S/C33H26N2O6S/c1-22-9-12-25-5-2-3-8-30(25)32(22)33(38)35(20-28-16-15-27(18-34)41-28)19-23-10-13-24(14-11-23)26-6-4-7-29(17-26)42(39,40)21-31(36)37/h2-17H,19-21H2,1H3,(H,36,37). The molecule has 1 heterocycles. The van der Waals surface area contributed by atoms with Crippen LogP contribution in [0.5, 0.6) is 0 Å². The molecule has 1 amide bonds. The second-order valence-electron chi connectivity index (χ2n) is 9.90. The lowest BCUT2D eigenvalue weighted by atomic mass is 9.98.